The van der Waals surface area contributed by atoms with Gasteiger partial charge in [-0.05, 0) is 90.2 Å². The van der Waals surface area contributed by atoms with Crippen LogP contribution in [0.25, 0.3) is 0 Å². The zero-order valence-corrected chi connectivity index (χ0v) is 58.3. The normalized spacial score (nSPS) is 9.86. The molecule has 5 rings (SSSR count). The molecule has 0 aliphatic rings. The first-order valence-corrected chi connectivity index (χ1v) is 32.3. The van der Waals surface area contributed by atoms with Crippen molar-refractivity contribution in [3.05, 3.63) is 113 Å². The third-order valence-electron chi connectivity index (χ3n) is 10.0. The van der Waals surface area contributed by atoms with E-state index < -0.39 is 17.9 Å². The Morgan fingerprint density at radius 1 is 0.318 bits per heavy atom. The lowest BCUT2D eigenvalue weighted by atomic mass is 10.2. The lowest BCUT2D eigenvalue weighted by molar-refractivity contribution is -0.136. The van der Waals surface area contributed by atoms with Crippen LogP contribution in [-0.4, -0.2) is 66.8 Å². The largest absolute Gasteiger partial charge is 0.493 e. The van der Waals surface area contributed by atoms with Gasteiger partial charge in [-0.1, -0.05) is 126 Å². The number of halogens is 5. The zero-order valence-electron chi connectivity index (χ0n) is 50.3. The molecular weight excluding hydrogens is 1480 g/mol. The van der Waals surface area contributed by atoms with Crippen molar-refractivity contribution in [1.29, 1.82) is 0 Å². The van der Waals surface area contributed by atoms with Crippen molar-refractivity contribution in [2.75, 3.05) is 7.11 Å². The van der Waals surface area contributed by atoms with E-state index in [0.717, 1.165) is 40.4 Å². The van der Waals surface area contributed by atoms with Gasteiger partial charge in [-0.15, -0.1) is 0 Å². The van der Waals surface area contributed by atoms with Crippen LogP contribution in [0.3, 0.4) is 0 Å². The summed E-state index contributed by atoms with van der Waals surface area (Å²) in [5, 5.41) is 2.88. The van der Waals surface area contributed by atoms with E-state index in [4.69, 9.17) is 52.1 Å². The minimum atomic E-state index is -0.626. The van der Waals surface area contributed by atoms with Gasteiger partial charge >= 0.3 is 59.7 Å². The maximum Gasteiger partial charge on any atom is 0.311 e. The molecule has 0 heterocycles. The van der Waals surface area contributed by atoms with Gasteiger partial charge in [-0.25, -0.2) is 0 Å². The number of rotatable bonds is 22. The van der Waals surface area contributed by atoms with Crippen LogP contribution in [0.5, 0.6) is 63.2 Å². The molecule has 0 unspecified atom stereocenters. The van der Waals surface area contributed by atoms with Crippen LogP contribution in [0.4, 0.5) is 0 Å². The molecule has 0 aromatic heterocycles. The zero-order chi connectivity index (χ0) is 66.5. The molecule has 0 N–H and O–H groups in total. The Labute approximate surface area is 553 Å². The highest BCUT2D eigenvalue weighted by molar-refractivity contribution is 9.09. The van der Waals surface area contributed by atoms with E-state index >= 15 is 0 Å². The molecule has 26 heteroatoms. The molecule has 0 saturated heterocycles. The van der Waals surface area contributed by atoms with Crippen molar-refractivity contribution >= 4 is 139 Å². The van der Waals surface area contributed by atoms with E-state index in [2.05, 4.69) is 79.6 Å². The molecule has 0 aliphatic heterocycles. The molecule has 0 fully saturated rings. The summed E-state index contributed by atoms with van der Waals surface area (Å²) in [4.78, 5) is 111. The maximum absolute atomic E-state index is 11.6. The average Bonchev–Trinajstić information content (AvgIpc) is 2.96. The minimum absolute atomic E-state index is 0.0147. The number of benzene rings is 5. The number of hydrogen-bond donors (Lipinski definition) is 0. The first-order valence-electron chi connectivity index (χ1n) is 26.7. The van der Waals surface area contributed by atoms with Gasteiger partial charge < -0.3 is 52.1 Å². The molecule has 0 spiro atoms. The van der Waals surface area contributed by atoms with Crippen LogP contribution in [0, 0.1) is 0 Å². The fourth-order valence-electron chi connectivity index (χ4n) is 6.35. The second-order valence-corrected chi connectivity index (χ2v) is 20.4. The quantitative estimate of drug-likeness (QED) is 0.0354. The molecule has 0 aliphatic carbocycles. The SMILES string of the molecule is CC(=O)Oc1cc(CBr)cc(OC(C)=O)c1OC(C)=O.CC(=O)Oc1ccc(OC(C)=O)c(CBr)c1.CCC(=O)Oc1ccc(CBr)cc1OC(=O)CC.CCCC(=O)Oc1ccc(CBr)c(OC(=O)CCC)c1.COc1cc(CBr)ccc1OC(C)=O. The van der Waals surface area contributed by atoms with Crippen molar-refractivity contribution in [2.24, 2.45) is 0 Å². The Morgan fingerprint density at radius 3 is 1.12 bits per heavy atom. The van der Waals surface area contributed by atoms with Crippen LogP contribution < -0.4 is 52.1 Å². The predicted octanol–water partition coefficient (Wildman–Crippen LogP) is 14.5. The maximum atomic E-state index is 11.6. The van der Waals surface area contributed by atoms with E-state index in [1.54, 1.807) is 81.6 Å². The van der Waals surface area contributed by atoms with Crippen LogP contribution in [-0.2, 0) is 74.6 Å². The van der Waals surface area contributed by atoms with Crippen LogP contribution in [0.1, 0.15) is 136 Å². The van der Waals surface area contributed by atoms with Gasteiger partial charge in [0.1, 0.15) is 23.0 Å². The van der Waals surface area contributed by atoms with Gasteiger partial charge in [0.2, 0.25) is 5.75 Å². The molecule has 0 bridgehead atoms. The third kappa shape index (κ3) is 31.8. The number of hydrogen-bond acceptors (Lipinski definition) is 21. The third-order valence-corrected chi connectivity index (χ3v) is 13.2. The highest BCUT2D eigenvalue weighted by atomic mass is 79.9. The topological polar surface area (TPSA) is 272 Å². The molecule has 88 heavy (non-hydrogen) atoms. The van der Waals surface area contributed by atoms with Crippen LogP contribution >= 0.6 is 79.6 Å². The fourth-order valence-corrected chi connectivity index (χ4v) is 8.27. The molecule has 0 radical (unpaired) electrons. The molecule has 5 aromatic rings. The second-order valence-electron chi connectivity index (χ2n) is 17.6. The number of carbonyl (C=O) groups is 10. The van der Waals surface area contributed by atoms with Crippen molar-refractivity contribution in [2.45, 2.75) is 134 Å². The number of carbonyl (C=O) groups excluding carboxylic acids is 10. The highest BCUT2D eigenvalue weighted by Crippen LogP contribution is 2.40. The first kappa shape index (κ1) is 79.0. The van der Waals surface area contributed by atoms with Gasteiger partial charge in [-0.3, -0.25) is 47.9 Å². The lowest BCUT2D eigenvalue weighted by Crippen LogP contribution is -2.11. The summed E-state index contributed by atoms with van der Waals surface area (Å²) in [7, 11) is 1.54. The standard InChI is InChI=1S/C15H19BrO4.C13H13BrO6.C13H15BrO4.C11H11BrO4.C10H11BrO3/c1-3-5-14(17)19-12-8-7-11(10-16)13(9-12)20-15(18)6-4-2;1-7(15)18-11-4-10(6-14)5-12(19-8(2)16)13(11)20-9(3)17;1-3-12(15)17-10-6-5-9(8-14)7-11(10)18-13(16)4-2;1-7(13)15-10-3-4-11(16-8(2)14)9(5-10)6-12;1-7(12)14-9-4-3-8(6-11)5-10(9)13-2/h7-9H,3-6,10H2,1-2H3;4-5H,6H2,1-3H3;5-7H,3-4,8H2,1-2H3;3-5H,6H2,1-2H3;3-5H,6H2,1-2H3. The molecule has 21 nitrogen and oxygen atoms in total. The number of methoxy groups -OCH3 is 1. The summed E-state index contributed by atoms with van der Waals surface area (Å²) in [6.07, 6.45) is 2.72. The van der Waals surface area contributed by atoms with Gasteiger partial charge in [0.05, 0.1) is 7.11 Å². The van der Waals surface area contributed by atoms with Crippen LogP contribution in [0.2, 0.25) is 0 Å². The van der Waals surface area contributed by atoms with Gasteiger partial charge in [0, 0.05) is 111 Å². The molecule has 0 saturated carbocycles. The molecule has 0 atom stereocenters. The van der Waals surface area contributed by atoms with E-state index in [9.17, 15) is 47.9 Å². The summed E-state index contributed by atoms with van der Waals surface area (Å²) < 4.78 is 55.6. The lowest BCUT2D eigenvalue weighted by Gasteiger charge is -2.14. The monoisotopic (exact) mass is 1540 g/mol. The van der Waals surface area contributed by atoms with Crippen LogP contribution in [0.15, 0.2) is 84.9 Å². The number of ether oxygens (including phenoxy) is 11. The first-order chi connectivity index (χ1) is 41.7. The van der Waals surface area contributed by atoms with Gasteiger partial charge in [-0.2, -0.15) is 0 Å². The van der Waals surface area contributed by atoms with Crippen molar-refractivity contribution < 1.29 is 100 Å². The van der Waals surface area contributed by atoms with E-state index in [0.29, 0.717) is 74.2 Å². The van der Waals surface area contributed by atoms with Gasteiger partial charge in [0.15, 0.2) is 34.5 Å². The Hall–Kier alpha value is -7.00. The average molecular weight is 1550 g/mol. The Bertz CT molecular complexity index is 3140. The highest BCUT2D eigenvalue weighted by Gasteiger charge is 2.21. The summed E-state index contributed by atoms with van der Waals surface area (Å²) >= 11 is 16.5. The summed E-state index contributed by atoms with van der Waals surface area (Å²) in [6, 6.07) is 23.4. The molecule has 0 amide bonds. The Balaban J connectivity index is 0.000000553. The summed E-state index contributed by atoms with van der Waals surface area (Å²) in [5.41, 5.74) is 4.27. The summed E-state index contributed by atoms with van der Waals surface area (Å²) in [6.45, 7) is 14.9. The molecule has 478 valence electrons. The van der Waals surface area contributed by atoms with E-state index in [1.807, 2.05) is 26.0 Å². The van der Waals surface area contributed by atoms with E-state index in [-0.39, 0.29) is 83.4 Å². The second kappa shape index (κ2) is 43.6. The van der Waals surface area contributed by atoms with Crippen molar-refractivity contribution in [1.82, 2.24) is 0 Å². The van der Waals surface area contributed by atoms with Crippen molar-refractivity contribution in [3.63, 3.8) is 0 Å². The Morgan fingerprint density at radius 2 is 0.693 bits per heavy atom. The molecule has 5 aromatic carbocycles. The fraction of sp³-hybridized carbons (Fsp3) is 0.355. The summed E-state index contributed by atoms with van der Waals surface area (Å²) in [5.74, 6) is -1.02. The minimum Gasteiger partial charge on any atom is -0.493 e. The molecular formula is C62H69Br5O21. The van der Waals surface area contributed by atoms with Crippen molar-refractivity contribution in [3.8, 4) is 63.2 Å². The van der Waals surface area contributed by atoms with Gasteiger partial charge in [0.25, 0.3) is 0 Å². The Kier molecular flexibility index (Phi) is 39.2. The number of esters is 10. The predicted molar refractivity (Wildman–Crippen MR) is 343 cm³/mol. The number of alkyl halides is 5. The van der Waals surface area contributed by atoms with E-state index in [1.165, 1.54) is 53.7 Å². The smallest absolute Gasteiger partial charge is 0.311 e.